The number of nitrogens with one attached hydrogen (secondary N) is 1. The maximum atomic E-state index is 12.4. The molecule has 0 aliphatic carbocycles. The summed E-state index contributed by atoms with van der Waals surface area (Å²) < 4.78 is 5.67. The second-order valence-corrected chi connectivity index (χ2v) is 6.06. The summed E-state index contributed by atoms with van der Waals surface area (Å²) in [7, 11) is 0. The van der Waals surface area contributed by atoms with Crippen molar-refractivity contribution in [3.63, 3.8) is 0 Å². The van der Waals surface area contributed by atoms with Gasteiger partial charge in [0.25, 0.3) is 0 Å². The number of carbonyl (C=O) groups is 1. The Morgan fingerprint density at radius 1 is 1.27 bits per heavy atom. The number of benzene rings is 1. The topological polar surface area (TPSA) is 68.3 Å². The first-order valence-corrected chi connectivity index (χ1v) is 7.93. The first-order valence-electron chi connectivity index (χ1n) is 7.93. The number of furan rings is 1. The third-order valence-electron chi connectivity index (χ3n) is 4.84. The normalized spacial score (nSPS) is 11.9. The standard InChI is InChI=1S/C18H26N2O2/c1-5-18(6-2,11-19)20-16(21)9-14-10-22-17-13(4)12(3)7-8-15(14)17/h7-8,10H,5-6,9,11,19H2,1-4H3,(H,20,21). The number of rotatable bonds is 6. The molecule has 0 unspecified atom stereocenters. The van der Waals surface area contributed by atoms with Crippen LogP contribution in [0.3, 0.4) is 0 Å². The van der Waals surface area contributed by atoms with Crippen molar-refractivity contribution in [1.29, 1.82) is 0 Å². The highest BCUT2D eigenvalue weighted by atomic mass is 16.3. The van der Waals surface area contributed by atoms with Crippen LogP contribution >= 0.6 is 0 Å². The number of hydrogen-bond donors (Lipinski definition) is 2. The highest BCUT2D eigenvalue weighted by Crippen LogP contribution is 2.27. The molecule has 0 radical (unpaired) electrons. The summed E-state index contributed by atoms with van der Waals surface area (Å²) in [6, 6.07) is 4.09. The van der Waals surface area contributed by atoms with E-state index in [-0.39, 0.29) is 11.4 Å². The highest BCUT2D eigenvalue weighted by molar-refractivity contribution is 5.89. The Morgan fingerprint density at radius 3 is 2.55 bits per heavy atom. The molecular formula is C18H26N2O2. The molecule has 0 saturated carbocycles. The molecule has 3 N–H and O–H groups in total. The van der Waals surface area contributed by atoms with Crippen molar-refractivity contribution in [3.8, 4) is 0 Å². The average Bonchev–Trinajstić information content (AvgIpc) is 2.92. The first kappa shape index (κ1) is 16.6. The average molecular weight is 302 g/mol. The maximum Gasteiger partial charge on any atom is 0.225 e. The Labute approximate surface area is 132 Å². The van der Waals surface area contributed by atoms with Gasteiger partial charge in [0.15, 0.2) is 0 Å². The SMILES string of the molecule is CCC(CC)(CN)NC(=O)Cc1coc2c(C)c(C)ccc12. The van der Waals surface area contributed by atoms with Crippen molar-refractivity contribution in [2.24, 2.45) is 5.73 Å². The molecule has 0 spiro atoms. The van der Waals surface area contributed by atoms with E-state index in [0.29, 0.717) is 13.0 Å². The summed E-state index contributed by atoms with van der Waals surface area (Å²) in [6.07, 6.45) is 3.67. The molecular weight excluding hydrogens is 276 g/mol. The highest BCUT2D eigenvalue weighted by Gasteiger charge is 2.26. The lowest BCUT2D eigenvalue weighted by atomic mass is 9.92. The molecule has 1 aromatic heterocycles. The first-order chi connectivity index (χ1) is 10.5. The molecule has 0 atom stereocenters. The van der Waals surface area contributed by atoms with E-state index in [9.17, 15) is 4.79 Å². The van der Waals surface area contributed by atoms with Gasteiger partial charge in [-0.25, -0.2) is 0 Å². The fourth-order valence-corrected chi connectivity index (χ4v) is 2.80. The Balaban J connectivity index is 2.21. The number of fused-ring (bicyclic) bond motifs is 1. The molecule has 120 valence electrons. The molecule has 1 heterocycles. The van der Waals surface area contributed by atoms with Crippen LogP contribution in [0.4, 0.5) is 0 Å². The molecule has 4 heteroatoms. The zero-order valence-electron chi connectivity index (χ0n) is 14.0. The minimum Gasteiger partial charge on any atom is -0.464 e. The molecule has 4 nitrogen and oxygen atoms in total. The van der Waals surface area contributed by atoms with Gasteiger partial charge < -0.3 is 15.5 Å². The van der Waals surface area contributed by atoms with Gasteiger partial charge in [-0.05, 0) is 37.8 Å². The Hall–Kier alpha value is -1.81. The van der Waals surface area contributed by atoms with Gasteiger partial charge in [-0.1, -0.05) is 26.0 Å². The van der Waals surface area contributed by atoms with Crippen molar-refractivity contribution in [2.45, 2.75) is 52.5 Å². The summed E-state index contributed by atoms with van der Waals surface area (Å²) in [5.74, 6) is -0.00456. The van der Waals surface area contributed by atoms with E-state index in [4.69, 9.17) is 10.2 Å². The van der Waals surface area contributed by atoms with E-state index >= 15 is 0 Å². The van der Waals surface area contributed by atoms with E-state index < -0.39 is 0 Å². The molecule has 1 aromatic carbocycles. The number of amides is 1. The van der Waals surface area contributed by atoms with Crippen molar-refractivity contribution in [3.05, 3.63) is 35.1 Å². The van der Waals surface area contributed by atoms with E-state index in [1.807, 2.05) is 13.0 Å². The summed E-state index contributed by atoms with van der Waals surface area (Å²) in [5, 5.41) is 4.12. The molecule has 22 heavy (non-hydrogen) atoms. The Morgan fingerprint density at radius 2 is 1.95 bits per heavy atom. The molecule has 0 fully saturated rings. The van der Waals surface area contributed by atoms with E-state index in [1.54, 1.807) is 6.26 Å². The van der Waals surface area contributed by atoms with Crippen LogP contribution in [0.2, 0.25) is 0 Å². The maximum absolute atomic E-state index is 12.4. The fraction of sp³-hybridized carbons (Fsp3) is 0.500. The number of carbonyl (C=O) groups excluding carboxylic acids is 1. The van der Waals surface area contributed by atoms with Crippen LogP contribution in [0.25, 0.3) is 11.0 Å². The van der Waals surface area contributed by atoms with Gasteiger partial charge in [0.1, 0.15) is 5.58 Å². The number of hydrogen-bond acceptors (Lipinski definition) is 3. The monoisotopic (exact) mass is 302 g/mol. The number of nitrogens with two attached hydrogens (primary N) is 1. The minimum absolute atomic E-state index is 0.00456. The van der Waals surface area contributed by atoms with E-state index in [1.165, 1.54) is 5.56 Å². The zero-order chi connectivity index (χ0) is 16.3. The predicted molar refractivity (Wildman–Crippen MR) is 89.9 cm³/mol. The second-order valence-electron chi connectivity index (χ2n) is 6.06. The number of aryl methyl sites for hydroxylation is 2. The van der Waals surface area contributed by atoms with Gasteiger partial charge in [0.2, 0.25) is 5.91 Å². The smallest absolute Gasteiger partial charge is 0.225 e. The van der Waals surface area contributed by atoms with Gasteiger partial charge >= 0.3 is 0 Å². The third kappa shape index (κ3) is 3.02. The molecule has 1 amide bonds. The van der Waals surface area contributed by atoms with Crippen LogP contribution in [0.5, 0.6) is 0 Å². The quantitative estimate of drug-likeness (QED) is 0.861. The molecule has 0 bridgehead atoms. The molecule has 2 rings (SSSR count). The Bertz CT molecular complexity index is 661. The second kappa shape index (κ2) is 6.53. The van der Waals surface area contributed by atoms with Crippen molar-refractivity contribution >= 4 is 16.9 Å². The van der Waals surface area contributed by atoms with Gasteiger partial charge in [-0.2, -0.15) is 0 Å². The van der Waals surface area contributed by atoms with Crippen molar-refractivity contribution < 1.29 is 9.21 Å². The van der Waals surface area contributed by atoms with Crippen LogP contribution in [-0.2, 0) is 11.2 Å². The predicted octanol–water partition coefficient (Wildman–Crippen LogP) is 3.23. The fourth-order valence-electron chi connectivity index (χ4n) is 2.80. The van der Waals surface area contributed by atoms with Gasteiger partial charge in [-0.15, -0.1) is 0 Å². The van der Waals surface area contributed by atoms with E-state index in [0.717, 1.165) is 34.9 Å². The molecule has 0 aliphatic heterocycles. The van der Waals surface area contributed by atoms with Crippen LogP contribution < -0.4 is 11.1 Å². The zero-order valence-corrected chi connectivity index (χ0v) is 14.0. The molecule has 2 aromatic rings. The lowest BCUT2D eigenvalue weighted by Crippen LogP contribution is -2.53. The van der Waals surface area contributed by atoms with Crippen LogP contribution in [-0.4, -0.2) is 18.0 Å². The summed E-state index contributed by atoms with van der Waals surface area (Å²) >= 11 is 0. The summed E-state index contributed by atoms with van der Waals surface area (Å²) in [6.45, 7) is 8.66. The van der Waals surface area contributed by atoms with Crippen molar-refractivity contribution in [1.82, 2.24) is 5.32 Å². The lowest BCUT2D eigenvalue weighted by Gasteiger charge is -2.31. The van der Waals surface area contributed by atoms with Crippen LogP contribution in [0.15, 0.2) is 22.8 Å². The van der Waals surface area contributed by atoms with Crippen LogP contribution in [0, 0.1) is 13.8 Å². The van der Waals surface area contributed by atoms with Gasteiger partial charge in [-0.3, -0.25) is 4.79 Å². The van der Waals surface area contributed by atoms with Crippen molar-refractivity contribution in [2.75, 3.05) is 6.54 Å². The minimum atomic E-state index is -0.302. The van der Waals surface area contributed by atoms with Crippen LogP contribution in [0.1, 0.15) is 43.4 Å². The summed E-state index contributed by atoms with van der Waals surface area (Å²) in [5.41, 5.74) is 9.66. The molecule has 0 saturated heterocycles. The van der Waals surface area contributed by atoms with E-state index in [2.05, 4.69) is 32.2 Å². The largest absolute Gasteiger partial charge is 0.464 e. The third-order valence-corrected chi connectivity index (χ3v) is 4.84. The lowest BCUT2D eigenvalue weighted by molar-refractivity contribution is -0.122. The summed E-state index contributed by atoms with van der Waals surface area (Å²) in [4.78, 5) is 12.4. The Kier molecular flexibility index (Phi) is 4.91. The molecule has 0 aliphatic rings. The van der Waals surface area contributed by atoms with Gasteiger partial charge in [0, 0.05) is 17.5 Å². The van der Waals surface area contributed by atoms with Gasteiger partial charge in [0.05, 0.1) is 18.2 Å².